The Morgan fingerprint density at radius 2 is 2.05 bits per heavy atom. The molecule has 0 radical (unpaired) electrons. The van der Waals surface area contributed by atoms with Gasteiger partial charge in [-0.2, -0.15) is 0 Å². The first-order valence-corrected chi connectivity index (χ1v) is 8.49. The van der Waals surface area contributed by atoms with Crippen LogP contribution in [0.5, 0.6) is 0 Å². The normalized spacial score (nSPS) is 11.3. The number of carboxylic acid groups (broad SMARTS) is 1. The third-order valence-corrected chi connectivity index (χ3v) is 5.60. The van der Waals surface area contributed by atoms with E-state index in [1.54, 1.807) is 24.5 Å². The lowest BCUT2D eigenvalue weighted by atomic mass is 10.2. The lowest BCUT2D eigenvalue weighted by molar-refractivity contribution is 0.0696. The second-order valence-electron chi connectivity index (χ2n) is 4.38. The van der Waals surface area contributed by atoms with Crippen molar-refractivity contribution in [1.82, 2.24) is 4.98 Å². The molecule has 0 fully saturated rings. The van der Waals surface area contributed by atoms with Crippen molar-refractivity contribution < 1.29 is 18.3 Å². The predicted molar refractivity (Wildman–Crippen MR) is 81.1 cm³/mol. The summed E-state index contributed by atoms with van der Waals surface area (Å²) >= 11 is 3.16. The van der Waals surface area contributed by atoms with E-state index >= 15 is 0 Å². The highest BCUT2D eigenvalue weighted by atomic mass is 79.9. The molecule has 2 rings (SSSR count). The predicted octanol–water partition coefficient (Wildman–Crippen LogP) is 2.56. The molecule has 110 valence electrons. The fourth-order valence-corrected chi connectivity index (χ4v) is 4.17. The number of nitrogens with zero attached hydrogens (tertiary/aromatic N) is 1. The number of benzene rings is 1. The highest BCUT2D eigenvalue weighted by molar-refractivity contribution is 9.10. The highest BCUT2D eigenvalue weighted by Crippen LogP contribution is 2.25. The molecule has 7 heteroatoms. The maximum Gasteiger partial charge on any atom is 0.335 e. The van der Waals surface area contributed by atoms with E-state index < -0.39 is 15.8 Å². The van der Waals surface area contributed by atoms with Crippen LogP contribution in [0.25, 0.3) is 0 Å². The Morgan fingerprint density at radius 3 is 2.67 bits per heavy atom. The van der Waals surface area contributed by atoms with Crippen LogP contribution in [0.15, 0.2) is 52.1 Å². The van der Waals surface area contributed by atoms with Gasteiger partial charge in [0.05, 0.1) is 16.2 Å². The fourth-order valence-electron chi connectivity index (χ4n) is 1.78. The zero-order valence-corrected chi connectivity index (χ0v) is 13.3. The molecule has 0 bridgehead atoms. The Kier molecular flexibility index (Phi) is 4.74. The Balaban J connectivity index is 2.27. The van der Waals surface area contributed by atoms with Crippen molar-refractivity contribution in [3.05, 3.63) is 58.3 Å². The fraction of sp³-hybridized carbons (Fsp3) is 0.143. The van der Waals surface area contributed by atoms with Crippen LogP contribution in [-0.2, 0) is 16.3 Å². The van der Waals surface area contributed by atoms with Crippen LogP contribution in [0.2, 0.25) is 0 Å². The first-order chi connectivity index (χ1) is 9.90. The number of carbonyl (C=O) groups is 1. The van der Waals surface area contributed by atoms with Crippen LogP contribution >= 0.6 is 15.9 Å². The van der Waals surface area contributed by atoms with E-state index in [9.17, 15) is 13.2 Å². The molecule has 0 saturated carbocycles. The molecule has 0 aliphatic rings. The smallest absolute Gasteiger partial charge is 0.335 e. The number of aromatic nitrogens is 1. The molecule has 0 aliphatic carbocycles. The van der Waals surface area contributed by atoms with E-state index in [2.05, 4.69) is 20.9 Å². The molecule has 1 aromatic carbocycles. The van der Waals surface area contributed by atoms with Crippen molar-refractivity contribution in [2.24, 2.45) is 0 Å². The summed E-state index contributed by atoms with van der Waals surface area (Å²) in [5, 5.41) is 8.96. The van der Waals surface area contributed by atoms with Gasteiger partial charge in [0.1, 0.15) is 0 Å². The number of aryl methyl sites for hydroxylation is 1. The number of sulfone groups is 1. The summed E-state index contributed by atoms with van der Waals surface area (Å²) in [5.41, 5.74) is 0.754. The largest absolute Gasteiger partial charge is 0.478 e. The average Bonchev–Trinajstić information content (AvgIpc) is 2.46. The van der Waals surface area contributed by atoms with Gasteiger partial charge < -0.3 is 5.11 Å². The molecule has 0 atom stereocenters. The van der Waals surface area contributed by atoms with Crippen molar-refractivity contribution >= 4 is 31.7 Å². The maximum atomic E-state index is 12.4. The molecule has 0 aliphatic heterocycles. The number of halogens is 1. The highest BCUT2D eigenvalue weighted by Gasteiger charge is 2.20. The molecule has 1 heterocycles. The Labute approximate surface area is 130 Å². The number of pyridine rings is 1. The van der Waals surface area contributed by atoms with Crippen molar-refractivity contribution in [2.45, 2.75) is 11.3 Å². The van der Waals surface area contributed by atoms with Crippen molar-refractivity contribution in [2.75, 3.05) is 5.75 Å². The summed E-state index contributed by atoms with van der Waals surface area (Å²) in [6, 6.07) is 7.49. The third kappa shape index (κ3) is 3.89. The van der Waals surface area contributed by atoms with Gasteiger partial charge in [-0.15, -0.1) is 0 Å². The van der Waals surface area contributed by atoms with Crippen LogP contribution in [-0.4, -0.2) is 30.2 Å². The van der Waals surface area contributed by atoms with Gasteiger partial charge in [0.2, 0.25) is 0 Å². The zero-order chi connectivity index (χ0) is 15.5. The van der Waals surface area contributed by atoms with Gasteiger partial charge in [0.15, 0.2) is 9.84 Å². The quantitative estimate of drug-likeness (QED) is 0.875. The molecule has 5 nitrogen and oxygen atoms in total. The van der Waals surface area contributed by atoms with Gasteiger partial charge in [-0.1, -0.05) is 6.07 Å². The van der Waals surface area contributed by atoms with Crippen LogP contribution in [0.1, 0.15) is 15.9 Å². The van der Waals surface area contributed by atoms with Gasteiger partial charge in [-0.05, 0) is 52.2 Å². The summed E-state index contributed by atoms with van der Waals surface area (Å²) in [6.07, 6.45) is 3.54. The molecule has 21 heavy (non-hydrogen) atoms. The lowest BCUT2D eigenvalue weighted by Crippen LogP contribution is -2.11. The van der Waals surface area contributed by atoms with Crippen LogP contribution < -0.4 is 0 Å². The molecule has 0 saturated heterocycles. The molecule has 1 aromatic heterocycles. The first-order valence-electron chi connectivity index (χ1n) is 6.04. The summed E-state index contributed by atoms with van der Waals surface area (Å²) < 4.78 is 25.1. The van der Waals surface area contributed by atoms with Crippen LogP contribution in [0.3, 0.4) is 0 Å². The van der Waals surface area contributed by atoms with Crippen molar-refractivity contribution in [1.29, 1.82) is 0 Å². The van der Waals surface area contributed by atoms with Gasteiger partial charge >= 0.3 is 5.97 Å². The number of hydrogen-bond acceptors (Lipinski definition) is 4. The standard InChI is InChI=1S/C14H12BrNO4S/c15-12-4-3-11(14(17)18)8-13(12)21(19,20)7-5-10-2-1-6-16-9-10/h1-4,6,8-9H,5,7H2,(H,17,18). The SMILES string of the molecule is O=C(O)c1ccc(Br)c(S(=O)(=O)CCc2cccnc2)c1. The summed E-state index contributed by atoms with van der Waals surface area (Å²) in [6.45, 7) is 0. The van der Waals surface area contributed by atoms with Gasteiger partial charge in [-0.25, -0.2) is 13.2 Å². The number of hydrogen-bond donors (Lipinski definition) is 1. The molecular formula is C14H12BrNO4S. The first kappa shape index (κ1) is 15.7. The Bertz CT molecular complexity index is 760. The van der Waals surface area contributed by atoms with Crippen molar-refractivity contribution in [3.8, 4) is 0 Å². The van der Waals surface area contributed by atoms with Gasteiger partial charge in [0.25, 0.3) is 0 Å². The van der Waals surface area contributed by atoms with E-state index in [4.69, 9.17) is 5.11 Å². The summed E-state index contributed by atoms with van der Waals surface area (Å²) in [5.74, 6) is -1.27. The van der Waals surface area contributed by atoms with Gasteiger partial charge in [-0.3, -0.25) is 4.98 Å². The summed E-state index contributed by atoms with van der Waals surface area (Å²) in [4.78, 5) is 14.9. The summed E-state index contributed by atoms with van der Waals surface area (Å²) in [7, 11) is -3.58. The lowest BCUT2D eigenvalue weighted by Gasteiger charge is -2.08. The van der Waals surface area contributed by atoms with Crippen molar-refractivity contribution in [3.63, 3.8) is 0 Å². The van der Waals surface area contributed by atoms with E-state index in [1.165, 1.54) is 18.2 Å². The zero-order valence-electron chi connectivity index (χ0n) is 10.9. The minimum absolute atomic E-state index is 0.00806. The topological polar surface area (TPSA) is 84.3 Å². The molecule has 0 spiro atoms. The van der Waals surface area contributed by atoms with E-state index in [-0.39, 0.29) is 16.2 Å². The molecule has 2 aromatic rings. The van der Waals surface area contributed by atoms with Gasteiger partial charge in [0, 0.05) is 16.9 Å². The van der Waals surface area contributed by atoms with Crippen LogP contribution in [0, 0.1) is 0 Å². The Morgan fingerprint density at radius 1 is 1.29 bits per heavy atom. The van der Waals surface area contributed by atoms with E-state index in [1.807, 2.05) is 0 Å². The van der Waals surface area contributed by atoms with E-state index in [0.717, 1.165) is 5.56 Å². The number of carboxylic acids is 1. The molecule has 1 N–H and O–H groups in total. The molecule has 0 amide bonds. The number of rotatable bonds is 5. The molecular weight excluding hydrogens is 358 g/mol. The Hall–Kier alpha value is -1.73. The minimum Gasteiger partial charge on any atom is -0.478 e. The minimum atomic E-state index is -3.58. The maximum absolute atomic E-state index is 12.4. The molecule has 0 unspecified atom stereocenters. The number of aromatic carboxylic acids is 1. The third-order valence-electron chi connectivity index (χ3n) is 2.90. The van der Waals surface area contributed by atoms with E-state index in [0.29, 0.717) is 10.9 Å². The second kappa shape index (κ2) is 6.36. The average molecular weight is 370 g/mol. The second-order valence-corrected chi connectivity index (χ2v) is 7.31. The monoisotopic (exact) mass is 369 g/mol. The van der Waals surface area contributed by atoms with Crippen LogP contribution in [0.4, 0.5) is 0 Å².